The minimum atomic E-state index is -0.245. The van der Waals surface area contributed by atoms with E-state index in [9.17, 15) is 4.79 Å². The molecule has 0 spiro atoms. The molecule has 0 amide bonds. The summed E-state index contributed by atoms with van der Waals surface area (Å²) in [5, 5.41) is 7.82. The molecule has 0 fully saturated rings. The van der Waals surface area contributed by atoms with Gasteiger partial charge in [-0.2, -0.15) is 15.0 Å². The van der Waals surface area contributed by atoms with E-state index in [-0.39, 0.29) is 11.5 Å². The van der Waals surface area contributed by atoms with Crippen LogP contribution in [0.25, 0.3) is 6.08 Å². The zero-order valence-electron chi connectivity index (χ0n) is 12.9. The second kappa shape index (κ2) is 6.75. The number of rotatable bonds is 6. The minimum Gasteiger partial charge on any atom is -0.493 e. The molecule has 0 saturated heterocycles. The summed E-state index contributed by atoms with van der Waals surface area (Å²) < 4.78 is 15.9. The molecule has 0 aliphatic heterocycles. The highest BCUT2D eigenvalue weighted by Gasteiger charge is 2.14. The lowest BCUT2D eigenvalue weighted by Gasteiger charge is -2.13. The van der Waals surface area contributed by atoms with Gasteiger partial charge in [0.15, 0.2) is 17.2 Å². The van der Waals surface area contributed by atoms with Crippen LogP contribution in [0.15, 0.2) is 24.4 Å². The molecule has 1 heterocycles. The molecule has 116 valence electrons. The number of carbonyl (C=O) groups excluding carboxylic acids is 1. The molecule has 22 heavy (non-hydrogen) atoms. The van der Waals surface area contributed by atoms with Crippen LogP contribution in [0.4, 0.5) is 0 Å². The Morgan fingerprint density at radius 1 is 1.14 bits per heavy atom. The second-order valence-electron chi connectivity index (χ2n) is 4.34. The Kier molecular flexibility index (Phi) is 4.77. The molecule has 1 aromatic carbocycles. The number of ether oxygens (including phenoxy) is 3. The molecule has 0 unspecified atom stereocenters. The van der Waals surface area contributed by atoms with E-state index in [1.807, 2.05) is 0 Å². The Morgan fingerprint density at radius 2 is 1.86 bits per heavy atom. The van der Waals surface area contributed by atoms with Crippen LogP contribution in [0.2, 0.25) is 0 Å². The summed E-state index contributed by atoms with van der Waals surface area (Å²) in [6.45, 7) is 0. The Bertz CT molecular complexity index is 707. The fourth-order valence-electron chi connectivity index (χ4n) is 1.97. The number of ketones is 1. The van der Waals surface area contributed by atoms with Crippen molar-refractivity contribution >= 4 is 11.9 Å². The molecular weight excluding hydrogens is 286 g/mol. The summed E-state index contributed by atoms with van der Waals surface area (Å²) >= 11 is 0. The van der Waals surface area contributed by atoms with Gasteiger partial charge < -0.3 is 14.2 Å². The molecule has 1 aromatic heterocycles. The van der Waals surface area contributed by atoms with Crippen LogP contribution in [0.5, 0.6) is 17.2 Å². The quantitative estimate of drug-likeness (QED) is 0.597. The monoisotopic (exact) mass is 303 g/mol. The van der Waals surface area contributed by atoms with Gasteiger partial charge in [-0.3, -0.25) is 4.79 Å². The highest BCUT2D eigenvalue weighted by atomic mass is 16.5. The maximum atomic E-state index is 12.0. The maximum absolute atomic E-state index is 12.0. The lowest BCUT2D eigenvalue weighted by Crippen LogP contribution is -1.99. The van der Waals surface area contributed by atoms with Crippen LogP contribution in [0, 0.1) is 0 Å². The van der Waals surface area contributed by atoms with Gasteiger partial charge in [0.05, 0.1) is 27.5 Å². The van der Waals surface area contributed by atoms with Gasteiger partial charge in [-0.25, -0.2) is 0 Å². The van der Waals surface area contributed by atoms with Gasteiger partial charge >= 0.3 is 0 Å². The van der Waals surface area contributed by atoms with E-state index in [1.165, 1.54) is 31.3 Å². The van der Waals surface area contributed by atoms with E-state index in [2.05, 4.69) is 10.2 Å². The van der Waals surface area contributed by atoms with Crippen molar-refractivity contribution in [2.24, 2.45) is 7.05 Å². The predicted molar refractivity (Wildman–Crippen MR) is 80.5 cm³/mol. The van der Waals surface area contributed by atoms with Crippen LogP contribution in [0.3, 0.4) is 0 Å². The van der Waals surface area contributed by atoms with Gasteiger partial charge in [-0.05, 0) is 24.3 Å². The molecule has 2 aromatic rings. The van der Waals surface area contributed by atoms with Crippen molar-refractivity contribution in [3.8, 4) is 17.2 Å². The zero-order valence-corrected chi connectivity index (χ0v) is 12.9. The number of benzene rings is 1. The summed E-state index contributed by atoms with van der Waals surface area (Å²) in [6, 6.07) is 3.52. The fourth-order valence-corrected chi connectivity index (χ4v) is 1.97. The van der Waals surface area contributed by atoms with E-state index in [0.717, 1.165) is 0 Å². The number of aryl methyl sites for hydroxylation is 1. The van der Waals surface area contributed by atoms with Gasteiger partial charge in [0, 0.05) is 12.6 Å². The van der Waals surface area contributed by atoms with Gasteiger partial charge in [0.1, 0.15) is 0 Å². The summed E-state index contributed by atoms with van der Waals surface area (Å²) in [5.41, 5.74) is 0.968. The first-order valence-corrected chi connectivity index (χ1v) is 6.48. The molecule has 0 atom stereocenters. The number of nitrogens with zero attached hydrogens (tertiary/aromatic N) is 3. The number of hydrogen-bond donors (Lipinski definition) is 0. The number of carbonyl (C=O) groups is 1. The Hall–Kier alpha value is -2.83. The van der Waals surface area contributed by atoms with Crippen molar-refractivity contribution in [2.45, 2.75) is 0 Å². The van der Waals surface area contributed by atoms with Gasteiger partial charge in [0.25, 0.3) is 0 Å². The largest absolute Gasteiger partial charge is 0.493 e. The lowest BCUT2D eigenvalue weighted by atomic mass is 10.1. The molecule has 0 bridgehead atoms. The van der Waals surface area contributed by atoms with Crippen molar-refractivity contribution in [3.05, 3.63) is 35.7 Å². The molecule has 0 radical (unpaired) electrons. The number of allylic oxidation sites excluding steroid dienone is 1. The van der Waals surface area contributed by atoms with Crippen LogP contribution in [-0.4, -0.2) is 42.1 Å². The normalized spacial score (nSPS) is 10.7. The maximum Gasteiger partial charge on any atom is 0.207 e. The van der Waals surface area contributed by atoms with Crippen molar-refractivity contribution in [3.63, 3.8) is 0 Å². The van der Waals surface area contributed by atoms with Crippen LogP contribution < -0.4 is 14.2 Å². The Labute approximate surface area is 128 Å². The number of methoxy groups -OCH3 is 3. The molecule has 0 aliphatic carbocycles. The van der Waals surface area contributed by atoms with Crippen molar-refractivity contribution in [2.75, 3.05) is 21.3 Å². The van der Waals surface area contributed by atoms with Crippen molar-refractivity contribution < 1.29 is 19.0 Å². The molecule has 0 aliphatic rings. The van der Waals surface area contributed by atoms with E-state index < -0.39 is 0 Å². The summed E-state index contributed by atoms with van der Waals surface area (Å²) in [4.78, 5) is 13.3. The van der Waals surface area contributed by atoms with E-state index >= 15 is 0 Å². The molecular formula is C15H17N3O4. The average molecular weight is 303 g/mol. The first-order valence-electron chi connectivity index (χ1n) is 6.48. The predicted octanol–water partition coefficient (Wildman–Crippen LogP) is 1.74. The standard InChI is InChI=1S/C15H17N3O4/c1-18-16-9-11(17-18)12(19)7-5-10-6-8-13(20-2)15(22-4)14(10)21-3/h5-9H,1-4H3. The third-order valence-corrected chi connectivity index (χ3v) is 3.00. The second-order valence-corrected chi connectivity index (χ2v) is 4.34. The number of aromatic nitrogens is 3. The highest BCUT2D eigenvalue weighted by molar-refractivity contribution is 6.05. The Balaban J connectivity index is 2.32. The van der Waals surface area contributed by atoms with Crippen molar-refractivity contribution in [1.29, 1.82) is 0 Å². The van der Waals surface area contributed by atoms with Crippen LogP contribution in [-0.2, 0) is 7.05 Å². The van der Waals surface area contributed by atoms with Gasteiger partial charge in [0.2, 0.25) is 11.5 Å². The SMILES string of the molecule is COc1ccc(C=CC(=O)c2cnn(C)n2)c(OC)c1OC. The molecule has 7 heteroatoms. The van der Waals surface area contributed by atoms with Gasteiger partial charge in [-0.15, -0.1) is 0 Å². The summed E-state index contributed by atoms with van der Waals surface area (Å²) in [6.07, 6.45) is 4.46. The van der Waals surface area contributed by atoms with Crippen LogP contribution >= 0.6 is 0 Å². The molecule has 7 nitrogen and oxygen atoms in total. The van der Waals surface area contributed by atoms with E-state index in [0.29, 0.717) is 22.8 Å². The number of hydrogen-bond acceptors (Lipinski definition) is 6. The van der Waals surface area contributed by atoms with Crippen molar-refractivity contribution in [1.82, 2.24) is 15.0 Å². The lowest BCUT2D eigenvalue weighted by molar-refractivity contribution is 0.104. The third-order valence-electron chi connectivity index (χ3n) is 3.00. The summed E-state index contributed by atoms with van der Waals surface area (Å²) in [7, 11) is 6.25. The first-order chi connectivity index (χ1) is 10.6. The van der Waals surface area contributed by atoms with E-state index in [4.69, 9.17) is 14.2 Å². The topological polar surface area (TPSA) is 75.5 Å². The molecule has 0 saturated carbocycles. The first kappa shape index (κ1) is 15.6. The van der Waals surface area contributed by atoms with E-state index in [1.54, 1.807) is 32.4 Å². The smallest absolute Gasteiger partial charge is 0.207 e. The minimum absolute atomic E-state index is 0.245. The van der Waals surface area contributed by atoms with Crippen LogP contribution in [0.1, 0.15) is 16.1 Å². The fraction of sp³-hybridized carbons (Fsp3) is 0.267. The average Bonchev–Trinajstić information content (AvgIpc) is 2.97. The molecule has 2 rings (SSSR count). The van der Waals surface area contributed by atoms with Gasteiger partial charge in [-0.1, -0.05) is 0 Å². The summed E-state index contributed by atoms with van der Waals surface area (Å²) in [5.74, 6) is 1.27. The molecule has 0 N–H and O–H groups in total. The highest BCUT2D eigenvalue weighted by Crippen LogP contribution is 2.40. The zero-order chi connectivity index (χ0) is 16.1. The Morgan fingerprint density at radius 3 is 2.41 bits per heavy atom. The third kappa shape index (κ3) is 3.08.